The largest absolute Gasteiger partial charge is 0.367 e. The Morgan fingerprint density at radius 1 is 1.41 bits per heavy atom. The van der Waals surface area contributed by atoms with E-state index in [-0.39, 0.29) is 12.0 Å². The quantitative estimate of drug-likeness (QED) is 0.828. The lowest BCUT2D eigenvalue weighted by molar-refractivity contribution is -0.0269. The van der Waals surface area contributed by atoms with Crippen LogP contribution >= 0.6 is 0 Å². The molecule has 2 aromatic heterocycles. The molecular weight excluding hydrogens is 282 g/mol. The molecule has 7 heteroatoms. The summed E-state index contributed by atoms with van der Waals surface area (Å²) in [6.07, 6.45) is 3.19. The summed E-state index contributed by atoms with van der Waals surface area (Å²) in [5.74, 6) is 0.604. The average Bonchev–Trinajstić information content (AvgIpc) is 2.85. The molecule has 22 heavy (non-hydrogen) atoms. The number of carbonyl (C=O) groups is 1. The van der Waals surface area contributed by atoms with E-state index in [4.69, 9.17) is 4.74 Å². The molecule has 0 radical (unpaired) electrons. The van der Waals surface area contributed by atoms with Crippen molar-refractivity contribution in [1.29, 1.82) is 0 Å². The first kappa shape index (κ1) is 14.6. The zero-order valence-corrected chi connectivity index (χ0v) is 13.0. The SMILES string of the molecule is Cc1ccnc([C@H]2CN(C(=O)c3cn(C)nc3C)CCO2)n1. The van der Waals surface area contributed by atoms with E-state index < -0.39 is 0 Å². The lowest BCUT2D eigenvalue weighted by Gasteiger charge is -2.32. The lowest BCUT2D eigenvalue weighted by atomic mass is 10.2. The van der Waals surface area contributed by atoms with Crippen molar-refractivity contribution >= 4 is 5.91 Å². The maximum atomic E-state index is 12.7. The minimum Gasteiger partial charge on any atom is -0.367 e. The van der Waals surface area contributed by atoms with Crippen LogP contribution in [0.3, 0.4) is 0 Å². The predicted octanol–water partition coefficient (Wildman–Crippen LogP) is 1.04. The number of nitrogens with zero attached hydrogens (tertiary/aromatic N) is 5. The summed E-state index contributed by atoms with van der Waals surface area (Å²) in [4.78, 5) is 23.1. The molecule has 0 spiro atoms. The monoisotopic (exact) mass is 301 g/mol. The van der Waals surface area contributed by atoms with E-state index in [1.807, 2.05) is 27.0 Å². The number of aromatic nitrogens is 4. The molecule has 2 aromatic rings. The topological polar surface area (TPSA) is 73.1 Å². The molecule has 1 amide bonds. The van der Waals surface area contributed by atoms with Gasteiger partial charge in [-0.25, -0.2) is 9.97 Å². The highest BCUT2D eigenvalue weighted by Gasteiger charge is 2.29. The third-order valence-corrected chi connectivity index (χ3v) is 3.70. The molecule has 1 saturated heterocycles. The fourth-order valence-corrected chi connectivity index (χ4v) is 2.59. The van der Waals surface area contributed by atoms with Gasteiger partial charge in [0.1, 0.15) is 6.10 Å². The van der Waals surface area contributed by atoms with Crippen LogP contribution < -0.4 is 0 Å². The van der Waals surface area contributed by atoms with Crippen molar-refractivity contribution < 1.29 is 9.53 Å². The van der Waals surface area contributed by atoms with Gasteiger partial charge in [0, 0.05) is 31.7 Å². The van der Waals surface area contributed by atoms with Gasteiger partial charge in [-0.3, -0.25) is 9.48 Å². The first-order valence-electron chi connectivity index (χ1n) is 7.25. The fraction of sp³-hybridized carbons (Fsp3) is 0.467. The van der Waals surface area contributed by atoms with Crippen molar-refractivity contribution in [2.24, 2.45) is 7.05 Å². The van der Waals surface area contributed by atoms with Gasteiger partial charge in [-0.2, -0.15) is 5.10 Å². The van der Waals surface area contributed by atoms with Crippen molar-refractivity contribution in [3.8, 4) is 0 Å². The summed E-state index contributed by atoms with van der Waals surface area (Å²) >= 11 is 0. The van der Waals surface area contributed by atoms with Gasteiger partial charge in [0.2, 0.25) is 0 Å². The van der Waals surface area contributed by atoms with Gasteiger partial charge in [-0.05, 0) is 19.9 Å². The number of amides is 1. The highest BCUT2D eigenvalue weighted by molar-refractivity contribution is 5.95. The van der Waals surface area contributed by atoms with Gasteiger partial charge in [-0.1, -0.05) is 0 Å². The fourth-order valence-electron chi connectivity index (χ4n) is 2.59. The molecule has 0 saturated carbocycles. The van der Waals surface area contributed by atoms with Crippen molar-refractivity contribution in [2.45, 2.75) is 20.0 Å². The molecule has 3 rings (SSSR count). The first-order chi connectivity index (χ1) is 10.5. The standard InChI is InChI=1S/C15H19N5O2/c1-10-4-5-16-14(17-10)13-9-20(6-7-22-13)15(21)12-8-19(3)18-11(12)2/h4-5,8,13H,6-7,9H2,1-3H3/t13-/m1/s1. The van der Waals surface area contributed by atoms with Crippen molar-refractivity contribution in [3.63, 3.8) is 0 Å². The molecule has 0 aromatic carbocycles. The number of aryl methyl sites for hydroxylation is 3. The summed E-state index contributed by atoms with van der Waals surface area (Å²) < 4.78 is 7.39. The first-order valence-corrected chi connectivity index (χ1v) is 7.25. The Hall–Kier alpha value is -2.28. The number of ether oxygens (including phenoxy) is 1. The van der Waals surface area contributed by atoms with Crippen LogP contribution in [0, 0.1) is 13.8 Å². The van der Waals surface area contributed by atoms with E-state index in [2.05, 4.69) is 15.1 Å². The summed E-state index contributed by atoms with van der Waals surface area (Å²) in [5, 5.41) is 4.23. The van der Waals surface area contributed by atoms with Gasteiger partial charge >= 0.3 is 0 Å². The van der Waals surface area contributed by atoms with Gasteiger partial charge in [-0.15, -0.1) is 0 Å². The molecule has 1 atom stereocenters. The molecule has 3 heterocycles. The number of rotatable bonds is 2. The van der Waals surface area contributed by atoms with Crippen LogP contribution in [-0.2, 0) is 11.8 Å². The Balaban J connectivity index is 1.78. The maximum Gasteiger partial charge on any atom is 0.257 e. The minimum absolute atomic E-state index is 0.0217. The summed E-state index contributed by atoms with van der Waals surface area (Å²) in [6, 6.07) is 1.84. The molecule has 0 bridgehead atoms. The zero-order chi connectivity index (χ0) is 15.7. The smallest absolute Gasteiger partial charge is 0.257 e. The molecule has 0 N–H and O–H groups in total. The third-order valence-electron chi connectivity index (χ3n) is 3.70. The van der Waals surface area contributed by atoms with Gasteiger partial charge in [0.15, 0.2) is 5.82 Å². The van der Waals surface area contributed by atoms with E-state index in [1.54, 1.807) is 22.0 Å². The molecule has 1 fully saturated rings. The van der Waals surface area contributed by atoms with Gasteiger partial charge < -0.3 is 9.64 Å². The molecular formula is C15H19N5O2. The molecule has 7 nitrogen and oxygen atoms in total. The Kier molecular flexibility index (Phi) is 3.89. The average molecular weight is 301 g/mol. The van der Waals surface area contributed by atoms with Crippen LogP contribution in [0.5, 0.6) is 0 Å². The predicted molar refractivity (Wildman–Crippen MR) is 79.3 cm³/mol. The zero-order valence-electron chi connectivity index (χ0n) is 13.0. The third kappa shape index (κ3) is 2.85. The molecule has 0 unspecified atom stereocenters. The van der Waals surface area contributed by atoms with Crippen LogP contribution in [0.25, 0.3) is 0 Å². The van der Waals surface area contributed by atoms with Crippen molar-refractivity contribution in [2.75, 3.05) is 19.7 Å². The number of morpholine rings is 1. The normalized spacial score (nSPS) is 18.5. The van der Waals surface area contributed by atoms with Crippen LogP contribution in [0.4, 0.5) is 0 Å². The maximum absolute atomic E-state index is 12.7. The number of carbonyl (C=O) groups excluding carboxylic acids is 1. The minimum atomic E-state index is -0.283. The van der Waals surface area contributed by atoms with Crippen LogP contribution in [-0.4, -0.2) is 50.3 Å². The molecule has 1 aliphatic heterocycles. The molecule has 0 aliphatic carbocycles. The Morgan fingerprint density at radius 3 is 2.91 bits per heavy atom. The number of hydrogen-bond acceptors (Lipinski definition) is 5. The second-order valence-electron chi connectivity index (χ2n) is 5.47. The van der Waals surface area contributed by atoms with Crippen LogP contribution in [0.15, 0.2) is 18.5 Å². The van der Waals surface area contributed by atoms with Crippen molar-refractivity contribution in [1.82, 2.24) is 24.6 Å². The van der Waals surface area contributed by atoms with E-state index >= 15 is 0 Å². The Bertz CT molecular complexity index is 697. The Labute approximate surface area is 128 Å². The Morgan fingerprint density at radius 2 is 2.23 bits per heavy atom. The van der Waals surface area contributed by atoms with Crippen LogP contribution in [0.2, 0.25) is 0 Å². The summed E-state index contributed by atoms with van der Waals surface area (Å²) in [7, 11) is 1.81. The second kappa shape index (κ2) is 5.84. The summed E-state index contributed by atoms with van der Waals surface area (Å²) in [5.41, 5.74) is 2.26. The highest BCUT2D eigenvalue weighted by Crippen LogP contribution is 2.21. The van der Waals surface area contributed by atoms with Crippen LogP contribution in [0.1, 0.15) is 33.7 Å². The van der Waals surface area contributed by atoms with E-state index in [9.17, 15) is 4.79 Å². The van der Waals surface area contributed by atoms with Gasteiger partial charge in [0.05, 0.1) is 24.4 Å². The summed E-state index contributed by atoms with van der Waals surface area (Å²) in [6.45, 7) is 5.25. The molecule has 1 aliphatic rings. The van der Waals surface area contributed by atoms with E-state index in [1.165, 1.54) is 0 Å². The van der Waals surface area contributed by atoms with Crippen molar-refractivity contribution in [3.05, 3.63) is 41.2 Å². The van der Waals surface area contributed by atoms with Gasteiger partial charge in [0.25, 0.3) is 5.91 Å². The van der Waals surface area contributed by atoms with E-state index in [0.717, 1.165) is 11.4 Å². The molecule has 116 valence electrons. The lowest BCUT2D eigenvalue weighted by Crippen LogP contribution is -2.42. The van der Waals surface area contributed by atoms with E-state index in [0.29, 0.717) is 31.1 Å². The number of hydrogen-bond donors (Lipinski definition) is 0. The second-order valence-corrected chi connectivity index (χ2v) is 5.47. The highest BCUT2D eigenvalue weighted by atomic mass is 16.5.